The summed E-state index contributed by atoms with van der Waals surface area (Å²) in [6.07, 6.45) is 1.74. The zero-order chi connectivity index (χ0) is 12.8. The molecule has 4 nitrogen and oxygen atoms in total. The van der Waals surface area contributed by atoms with E-state index in [0.29, 0.717) is 30.3 Å². The molecule has 0 saturated carbocycles. The monoisotopic (exact) mass is 260 g/mol. The van der Waals surface area contributed by atoms with Gasteiger partial charge in [-0.25, -0.2) is 4.98 Å². The number of aromatic nitrogens is 1. The Morgan fingerprint density at radius 3 is 2.89 bits per heavy atom. The minimum absolute atomic E-state index is 0.406. The normalized spacial score (nSPS) is 9.78. The Kier molecular flexibility index (Phi) is 4.15. The number of hydrogen-bond donors (Lipinski definition) is 0. The molecule has 0 N–H and O–H groups in total. The molecule has 2 aromatic rings. The van der Waals surface area contributed by atoms with Gasteiger partial charge in [0.2, 0.25) is 0 Å². The zero-order valence-corrected chi connectivity index (χ0v) is 10.7. The number of nitriles is 1. The second-order valence-corrected chi connectivity index (χ2v) is 4.40. The lowest BCUT2D eigenvalue weighted by molar-refractivity contribution is 0.269. The van der Waals surface area contributed by atoms with Crippen LogP contribution in [0.1, 0.15) is 17.5 Å². The molecule has 0 bridgehead atoms. The van der Waals surface area contributed by atoms with Gasteiger partial charge in [0, 0.05) is 17.6 Å². The molecule has 0 aliphatic rings. The van der Waals surface area contributed by atoms with Gasteiger partial charge in [-0.2, -0.15) is 5.26 Å². The van der Waals surface area contributed by atoms with Crippen molar-refractivity contribution in [2.45, 2.75) is 13.5 Å². The first-order chi connectivity index (χ1) is 8.83. The van der Waals surface area contributed by atoms with E-state index in [1.807, 2.05) is 12.3 Å². The van der Waals surface area contributed by atoms with E-state index in [1.165, 1.54) is 11.3 Å². The molecule has 0 saturated heterocycles. The van der Waals surface area contributed by atoms with Crippen molar-refractivity contribution in [2.24, 2.45) is 0 Å². The van der Waals surface area contributed by atoms with Crippen molar-refractivity contribution in [1.29, 1.82) is 5.26 Å². The van der Waals surface area contributed by atoms with E-state index in [9.17, 15) is 0 Å². The summed E-state index contributed by atoms with van der Waals surface area (Å²) in [6.45, 7) is 2.83. The Hall–Kier alpha value is -2.06. The number of ether oxygens (including phenoxy) is 2. The van der Waals surface area contributed by atoms with Crippen molar-refractivity contribution in [1.82, 2.24) is 4.98 Å². The van der Waals surface area contributed by atoms with Crippen molar-refractivity contribution in [3.63, 3.8) is 0 Å². The fourth-order valence-electron chi connectivity index (χ4n) is 1.43. The standard InChI is InChI=1S/C13H12N2O2S/c1-2-16-12-7-10(8-14)3-4-11(12)17-9-13-15-5-6-18-13/h3-7H,2,9H2,1H3. The fraction of sp³-hybridized carbons (Fsp3) is 0.231. The summed E-state index contributed by atoms with van der Waals surface area (Å²) in [5.74, 6) is 1.22. The van der Waals surface area contributed by atoms with Gasteiger partial charge in [-0.15, -0.1) is 11.3 Å². The average molecular weight is 260 g/mol. The van der Waals surface area contributed by atoms with Crippen LogP contribution in [-0.2, 0) is 6.61 Å². The highest BCUT2D eigenvalue weighted by Crippen LogP contribution is 2.29. The van der Waals surface area contributed by atoms with Gasteiger partial charge in [0.1, 0.15) is 11.6 Å². The number of nitrogens with zero attached hydrogens (tertiary/aromatic N) is 2. The van der Waals surface area contributed by atoms with E-state index in [-0.39, 0.29) is 0 Å². The van der Waals surface area contributed by atoms with E-state index in [0.717, 1.165) is 5.01 Å². The van der Waals surface area contributed by atoms with Crippen molar-refractivity contribution in [3.8, 4) is 17.6 Å². The Bertz CT molecular complexity index is 547. The third kappa shape index (κ3) is 2.99. The van der Waals surface area contributed by atoms with Gasteiger partial charge >= 0.3 is 0 Å². The molecule has 0 fully saturated rings. The van der Waals surface area contributed by atoms with Crippen molar-refractivity contribution in [2.75, 3.05) is 6.61 Å². The zero-order valence-electron chi connectivity index (χ0n) is 9.92. The summed E-state index contributed by atoms with van der Waals surface area (Å²) < 4.78 is 11.1. The van der Waals surface area contributed by atoms with Crippen LogP contribution in [0.3, 0.4) is 0 Å². The highest BCUT2D eigenvalue weighted by molar-refractivity contribution is 7.09. The van der Waals surface area contributed by atoms with Crippen LogP contribution in [0.25, 0.3) is 0 Å². The molecular weight excluding hydrogens is 248 g/mol. The number of rotatable bonds is 5. The third-order valence-electron chi connectivity index (χ3n) is 2.21. The molecule has 5 heteroatoms. The summed E-state index contributed by atoms with van der Waals surface area (Å²) in [5.41, 5.74) is 0.556. The van der Waals surface area contributed by atoms with Crippen LogP contribution in [0, 0.1) is 11.3 Å². The number of thiazole rings is 1. The molecule has 0 unspecified atom stereocenters. The maximum Gasteiger partial charge on any atom is 0.162 e. The predicted molar refractivity (Wildman–Crippen MR) is 68.8 cm³/mol. The lowest BCUT2D eigenvalue weighted by Crippen LogP contribution is -1.99. The average Bonchev–Trinajstić information content (AvgIpc) is 2.90. The Morgan fingerprint density at radius 2 is 2.22 bits per heavy atom. The molecule has 18 heavy (non-hydrogen) atoms. The Balaban J connectivity index is 2.13. The van der Waals surface area contributed by atoms with Gasteiger partial charge in [-0.3, -0.25) is 0 Å². The molecule has 0 amide bonds. The van der Waals surface area contributed by atoms with Gasteiger partial charge in [-0.1, -0.05) is 0 Å². The van der Waals surface area contributed by atoms with E-state index in [1.54, 1.807) is 24.4 Å². The molecule has 1 aromatic carbocycles. The van der Waals surface area contributed by atoms with Crippen molar-refractivity contribution < 1.29 is 9.47 Å². The van der Waals surface area contributed by atoms with Crippen LogP contribution >= 0.6 is 11.3 Å². The molecule has 0 aliphatic heterocycles. The van der Waals surface area contributed by atoms with Gasteiger partial charge in [0.15, 0.2) is 11.5 Å². The topological polar surface area (TPSA) is 55.1 Å². The predicted octanol–water partition coefficient (Wildman–Crippen LogP) is 2.99. The van der Waals surface area contributed by atoms with Gasteiger partial charge in [-0.05, 0) is 19.1 Å². The number of benzene rings is 1. The van der Waals surface area contributed by atoms with E-state index in [4.69, 9.17) is 14.7 Å². The van der Waals surface area contributed by atoms with Crippen LogP contribution in [-0.4, -0.2) is 11.6 Å². The summed E-state index contributed by atoms with van der Waals surface area (Å²) in [5, 5.41) is 11.7. The van der Waals surface area contributed by atoms with E-state index < -0.39 is 0 Å². The minimum Gasteiger partial charge on any atom is -0.490 e. The molecule has 1 aromatic heterocycles. The van der Waals surface area contributed by atoms with Crippen LogP contribution in [0.15, 0.2) is 29.8 Å². The smallest absolute Gasteiger partial charge is 0.162 e. The molecule has 2 rings (SSSR count). The lowest BCUT2D eigenvalue weighted by Gasteiger charge is -2.11. The van der Waals surface area contributed by atoms with Gasteiger partial charge < -0.3 is 9.47 Å². The summed E-state index contributed by atoms with van der Waals surface area (Å²) >= 11 is 1.54. The Labute approximate surface area is 109 Å². The van der Waals surface area contributed by atoms with Crippen LogP contribution in [0.2, 0.25) is 0 Å². The first-order valence-corrected chi connectivity index (χ1v) is 6.39. The van der Waals surface area contributed by atoms with Crippen LogP contribution in [0.4, 0.5) is 0 Å². The molecule has 0 atom stereocenters. The highest BCUT2D eigenvalue weighted by Gasteiger charge is 2.07. The van der Waals surface area contributed by atoms with E-state index >= 15 is 0 Å². The quantitative estimate of drug-likeness (QED) is 0.829. The second-order valence-electron chi connectivity index (χ2n) is 3.42. The molecular formula is C13H12N2O2S. The summed E-state index contributed by atoms with van der Waals surface area (Å²) in [4.78, 5) is 4.14. The first-order valence-electron chi connectivity index (χ1n) is 5.51. The highest BCUT2D eigenvalue weighted by atomic mass is 32.1. The molecule has 1 heterocycles. The number of hydrogen-bond acceptors (Lipinski definition) is 5. The minimum atomic E-state index is 0.406. The third-order valence-corrected chi connectivity index (χ3v) is 2.96. The largest absolute Gasteiger partial charge is 0.490 e. The second kappa shape index (κ2) is 6.03. The van der Waals surface area contributed by atoms with E-state index in [2.05, 4.69) is 11.1 Å². The van der Waals surface area contributed by atoms with Gasteiger partial charge in [0.05, 0.1) is 18.2 Å². The fourth-order valence-corrected chi connectivity index (χ4v) is 1.96. The summed E-state index contributed by atoms with van der Waals surface area (Å²) in [7, 11) is 0. The summed E-state index contributed by atoms with van der Waals surface area (Å²) in [6, 6.07) is 7.21. The maximum atomic E-state index is 8.85. The maximum absolute atomic E-state index is 8.85. The first kappa shape index (κ1) is 12.4. The molecule has 92 valence electrons. The van der Waals surface area contributed by atoms with Crippen LogP contribution < -0.4 is 9.47 Å². The van der Waals surface area contributed by atoms with Gasteiger partial charge in [0.25, 0.3) is 0 Å². The van der Waals surface area contributed by atoms with Crippen molar-refractivity contribution >= 4 is 11.3 Å². The van der Waals surface area contributed by atoms with Crippen LogP contribution in [0.5, 0.6) is 11.5 Å². The SMILES string of the molecule is CCOc1cc(C#N)ccc1OCc1nccs1. The molecule has 0 spiro atoms. The lowest BCUT2D eigenvalue weighted by atomic mass is 10.2. The molecule has 0 radical (unpaired) electrons. The van der Waals surface area contributed by atoms with Crippen molar-refractivity contribution in [3.05, 3.63) is 40.3 Å². The Morgan fingerprint density at radius 1 is 1.33 bits per heavy atom. The molecule has 0 aliphatic carbocycles.